The third kappa shape index (κ3) is 5.96. The van der Waals surface area contributed by atoms with Gasteiger partial charge in [0, 0.05) is 18.5 Å². The third-order valence-electron chi connectivity index (χ3n) is 2.97. The molecule has 4 nitrogen and oxygen atoms in total. The van der Waals surface area contributed by atoms with E-state index in [0.717, 1.165) is 29.6 Å². The van der Waals surface area contributed by atoms with Crippen LogP contribution in [0.2, 0.25) is 0 Å². The standard InChI is InChI=1S/C14H21N3OS.2ClH/c1-14(2,9-15)10-17(3)7-11-8-19-13(16-11)12-5-4-6-18-12;;/h4-6,8H,7,9-10,15H2,1-3H3;2*1H. The third-order valence-corrected chi connectivity index (χ3v) is 3.87. The molecule has 2 N–H and O–H groups in total. The van der Waals surface area contributed by atoms with Gasteiger partial charge in [-0.25, -0.2) is 4.98 Å². The van der Waals surface area contributed by atoms with Crippen LogP contribution < -0.4 is 5.73 Å². The van der Waals surface area contributed by atoms with Gasteiger partial charge in [-0.2, -0.15) is 0 Å². The molecule has 0 spiro atoms. The number of aromatic nitrogens is 1. The number of halogens is 2. The second kappa shape index (κ2) is 8.76. The highest BCUT2D eigenvalue weighted by atomic mass is 35.5. The second-order valence-corrected chi connectivity index (χ2v) is 6.52. The summed E-state index contributed by atoms with van der Waals surface area (Å²) in [5, 5.41) is 3.02. The van der Waals surface area contributed by atoms with Crippen molar-refractivity contribution in [2.24, 2.45) is 11.1 Å². The molecule has 0 fully saturated rings. The summed E-state index contributed by atoms with van der Waals surface area (Å²) in [6.45, 7) is 6.83. The van der Waals surface area contributed by atoms with Gasteiger partial charge in [0.05, 0.1) is 12.0 Å². The van der Waals surface area contributed by atoms with Crippen LogP contribution in [0.5, 0.6) is 0 Å². The number of nitrogens with two attached hydrogens (primary N) is 1. The van der Waals surface area contributed by atoms with Gasteiger partial charge in [-0.15, -0.1) is 36.2 Å². The normalized spacial score (nSPS) is 11.1. The summed E-state index contributed by atoms with van der Waals surface area (Å²) in [4.78, 5) is 6.86. The van der Waals surface area contributed by atoms with Crippen molar-refractivity contribution in [1.82, 2.24) is 9.88 Å². The van der Waals surface area contributed by atoms with Crippen LogP contribution in [-0.4, -0.2) is 30.0 Å². The van der Waals surface area contributed by atoms with E-state index in [-0.39, 0.29) is 30.2 Å². The van der Waals surface area contributed by atoms with Crippen LogP contribution in [0.4, 0.5) is 0 Å². The molecule has 0 atom stereocenters. The van der Waals surface area contributed by atoms with E-state index in [2.05, 4.69) is 36.2 Å². The van der Waals surface area contributed by atoms with Crippen molar-refractivity contribution in [2.75, 3.05) is 20.1 Å². The van der Waals surface area contributed by atoms with Crippen LogP contribution in [0, 0.1) is 5.41 Å². The molecule has 21 heavy (non-hydrogen) atoms. The molecular formula is C14H23Cl2N3OS. The van der Waals surface area contributed by atoms with E-state index in [1.54, 1.807) is 17.6 Å². The lowest BCUT2D eigenvalue weighted by Gasteiger charge is -2.28. The molecule has 0 aromatic carbocycles. The molecule has 0 aliphatic carbocycles. The maximum Gasteiger partial charge on any atom is 0.162 e. The van der Waals surface area contributed by atoms with E-state index >= 15 is 0 Å². The Morgan fingerprint density at radius 1 is 1.38 bits per heavy atom. The van der Waals surface area contributed by atoms with Gasteiger partial charge in [0.15, 0.2) is 10.8 Å². The molecule has 120 valence electrons. The van der Waals surface area contributed by atoms with E-state index in [1.807, 2.05) is 12.1 Å². The quantitative estimate of drug-likeness (QED) is 0.862. The van der Waals surface area contributed by atoms with Crippen molar-refractivity contribution in [2.45, 2.75) is 20.4 Å². The second-order valence-electron chi connectivity index (χ2n) is 5.66. The Hall–Kier alpha value is -0.590. The zero-order valence-corrected chi connectivity index (χ0v) is 15.0. The molecule has 0 bridgehead atoms. The average molecular weight is 352 g/mol. The minimum atomic E-state index is 0. The van der Waals surface area contributed by atoms with Gasteiger partial charge in [0.1, 0.15) is 0 Å². The molecule has 2 aromatic rings. The van der Waals surface area contributed by atoms with Crippen molar-refractivity contribution in [3.8, 4) is 10.8 Å². The first-order valence-electron chi connectivity index (χ1n) is 6.37. The number of nitrogens with zero attached hydrogens (tertiary/aromatic N) is 2. The largest absolute Gasteiger partial charge is 0.462 e. The Morgan fingerprint density at radius 2 is 2.10 bits per heavy atom. The molecule has 2 heterocycles. The predicted molar refractivity (Wildman–Crippen MR) is 93.5 cm³/mol. The molecule has 0 saturated heterocycles. The summed E-state index contributed by atoms with van der Waals surface area (Å²) in [6.07, 6.45) is 1.67. The molecule has 0 saturated carbocycles. The lowest BCUT2D eigenvalue weighted by molar-refractivity contribution is 0.208. The van der Waals surface area contributed by atoms with Crippen molar-refractivity contribution in [3.05, 3.63) is 29.5 Å². The van der Waals surface area contributed by atoms with Gasteiger partial charge in [0.25, 0.3) is 0 Å². The molecule has 0 amide bonds. The van der Waals surface area contributed by atoms with E-state index < -0.39 is 0 Å². The first-order chi connectivity index (χ1) is 9.00. The van der Waals surface area contributed by atoms with E-state index in [4.69, 9.17) is 10.2 Å². The Balaban J connectivity index is 0.00000200. The zero-order chi connectivity index (χ0) is 13.9. The van der Waals surface area contributed by atoms with Crippen molar-refractivity contribution in [1.29, 1.82) is 0 Å². The average Bonchev–Trinajstić information content (AvgIpc) is 2.97. The Morgan fingerprint density at radius 3 is 2.67 bits per heavy atom. The number of thiazole rings is 1. The lowest BCUT2D eigenvalue weighted by Crippen LogP contribution is -2.36. The van der Waals surface area contributed by atoms with Gasteiger partial charge in [-0.3, -0.25) is 4.90 Å². The monoisotopic (exact) mass is 351 g/mol. The fourth-order valence-electron chi connectivity index (χ4n) is 2.02. The molecule has 0 unspecified atom stereocenters. The van der Waals surface area contributed by atoms with Crippen LogP contribution in [0.15, 0.2) is 28.2 Å². The highest BCUT2D eigenvalue weighted by Gasteiger charge is 2.18. The molecule has 0 radical (unpaired) electrons. The van der Waals surface area contributed by atoms with Crippen LogP contribution in [0.3, 0.4) is 0 Å². The van der Waals surface area contributed by atoms with Crippen molar-refractivity contribution < 1.29 is 4.42 Å². The van der Waals surface area contributed by atoms with Crippen LogP contribution in [-0.2, 0) is 6.54 Å². The van der Waals surface area contributed by atoms with E-state index in [0.29, 0.717) is 6.54 Å². The topological polar surface area (TPSA) is 55.3 Å². The summed E-state index contributed by atoms with van der Waals surface area (Å²) < 4.78 is 5.35. The summed E-state index contributed by atoms with van der Waals surface area (Å²) in [5.41, 5.74) is 6.97. The fourth-order valence-corrected chi connectivity index (χ4v) is 2.80. The maximum atomic E-state index is 5.76. The summed E-state index contributed by atoms with van der Waals surface area (Å²) in [5.74, 6) is 0.834. The Labute approximate surface area is 142 Å². The fraction of sp³-hybridized carbons (Fsp3) is 0.500. The van der Waals surface area contributed by atoms with Gasteiger partial charge in [0.2, 0.25) is 0 Å². The van der Waals surface area contributed by atoms with E-state index in [9.17, 15) is 0 Å². The summed E-state index contributed by atoms with van der Waals surface area (Å²) in [6, 6.07) is 3.82. The maximum absolute atomic E-state index is 5.76. The zero-order valence-electron chi connectivity index (χ0n) is 12.5. The SMILES string of the molecule is CN(Cc1csc(-c2ccco2)n1)CC(C)(C)CN.Cl.Cl. The number of furan rings is 1. The predicted octanol–water partition coefficient (Wildman–Crippen LogP) is 3.66. The highest BCUT2D eigenvalue weighted by Crippen LogP contribution is 2.24. The minimum Gasteiger partial charge on any atom is -0.462 e. The Bertz CT molecular complexity index is 514. The van der Waals surface area contributed by atoms with Gasteiger partial charge < -0.3 is 10.2 Å². The van der Waals surface area contributed by atoms with E-state index in [1.165, 1.54) is 0 Å². The Kier molecular flexibility index (Phi) is 8.51. The minimum absolute atomic E-state index is 0. The lowest BCUT2D eigenvalue weighted by atomic mass is 9.93. The number of hydrogen-bond acceptors (Lipinski definition) is 5. The smallest absolute Gasteiger partial charge is 0.162 e. The first-order valence-corrected chi connectivity index (χ1v) is 7.25. The summed E-state index contributed by atoms with van der Waals surface area (Å²) in [7, 11) is 2.10. The van der Waals surface area contributed by atoms with Crippen LogP contribution in [0.1, 0.15) is 19.5 Å². The number of hydrogen-bond donors (Lipinski definition) is 1. The first kappa shape index (κ1) is 20.4. The molecule has 7 heteroatoms. The van der Waals surface area contributed by atoms with Gasteiger partial charge >= 0.3 is 0 Å². The molecule has 0 aliphatic rings. The van der Waals surface area contributed by atoms with Crippen molar-refractivity contribution in [3.63, 3.8) is 0 Å². The van der Waals surface area contributed by atoms with Crippen molar-refractivity contribution >= 4 is 36.2 Å². The highest BCUT2D eigenvalue weighted by molar-refractivity contribution is 7.13. The summed E-state index contributed by atoms with van der Waals surface area (Å²) >= 11 is 1.62. The van der Waals surface area contributed by atoms with Crippen LogP contribution >= 0.6 is 36.2 Å². The number of rotatable bonds is 6. The molecule has 2 rings (SSSR count). The molecular weight excluding hydrogens is 329 g/mol. The van der Waals surface area contributed by atoms with Gasteiger partial charge in [-0.1, -0.05) is 13.8 Å². The molecule has 2 aromatic heterocycles. The van der Waals surface area contributed by atoms with Crippen LogP contribution in [0.25, 0.3) is 10.8 Å². The van der Waals surface area contributed by atoms with Gasteiger partial charge in [-0.05, 0) is 31.1 Å². The molecule has 0 aliphatic heterocycles.